The van der Waals surface area contributed by atoms with E-state index < -0.39 is 0 Å². The van der Waals surface area contributed by atoms with Gasteiger partial charge in [-0.3, -0.25) is 0 Å². The first-order valence-corrected chi connectivity index (χ1v) is 8.73. The van der Waals surface area contributed by atoms with Crippen LogP contribution in [0.2, 0.25) is 0 Å². The highest BCUT2D eigenvalue weighted by atomic mass is 15.2. The van der Waals surface area contributed by atoms with Crippen molar-refractivity contribution >= 4 is 0 Å². The minimum Gasteiger partial charge on any atom is -0.390 e. The zero-order chi connectivity index (χ0) is 14.2. The van der Waals surface area contributed by atoms with E-state index >= 15 is 0 Å². The number of nitrogens with one attached hydrogen (secondary N) is 1. The zero-order valence-corrected chi connectivity index (χ0v) is 13.5. The van der Waals surface area contributed by atoms with Crippen molar-refractivity contribution in [2.24, 2.45) is 0 Å². The number of hydrogen-bond acceptors (Lipinski definition) is 2. The molecule has 0 radical (unpaired) electrons. The summed E-state index contributed by atoms with van der Waals surface area (Å²) < 4.78 is 0. The molecule has 0 saturated carbocycles. The topological polar surface area (TPSA) is 15.3 Å². The quantitative estimate of drug-likeness (QED) is 0.600. The first-order valence-electron chi connectivity index (χ1n) is 8.73. The third-order valence-corrected chi connectivity index (χ3v) is 4.70. The van der Waals surface area contributed by atoms with Gasteiger partial charge in [0.05, 0.1) is 0 Å². The van der Waals surface area contributed by atoms with Gasteiger partial charge in [0.2, 0.25) is 0 Å². The molecule has 2 rings (SSSR count). The van der Waals surface area contributed by atoms with Gasteiger partial charge in [0.1, 0.15) is 0 Å². The summed E-state index contributed by atoms with van der Waals surface area (Å²) in [4.78, 5) is 2.62. The summed E-state index contributed by atoms with van der Waals surface area (Å²) in [5, 5.41) is 3.41. The highest BCUT2D eigenvalue weighted by molar-refractivity contribution is 5.28. The van der Waals surface area contributed by atoms with Crippen molar-refractivity contribution in [2.45, 2.75) is 77.6 Å². The fourth-order valence-corrected chi connectivity index (χ4v) is 3.50. The Morgan fingerprint density at radius 3 is 2.55 bits per heavy atom. The van der Waals surface area contributed by atoms with Crippen molar-refractivity contribution in [3.05, 3.63) is 23.2 Å². The van der Waals surface area contributed by atoms with Crippen molar-refractivity contribution in [1.29, 1.82) is 0 Å². The molecule has 0 unspecified atom stereocenters. The maximum Gasteiger partial charge on any atom is 0.0370 e. The van der Waals surface area contributed by atoms with Crippen LogP contribution in [0.25, 0.3) is 0 Å². The van der Waals surface area contributed by atoms with Crippen LogP contribution in [0.3, 0.4) is 0 Å². The molecule has 2 aliphatic rings. The number of piperidine rings is 1. The van der Waals surface area contributed by atoms with Crippen LogP contribution in [-0.4, -0.2) is 18.5 Å². The average molecular weight is 276 g/mol. The normalized spacial score (nSPS) is 18.3. The van der Waals surface area contributed by atoms with Gasteiger partial charge < -0.3 is 10.2 Å². The van der Waals surface area contributed by atoms with Gasteiger partial charge in [0.25, 0.3) is 0 Å². The Hall–Kier alpha value is -0.920. The number of rotatable bonds is 9. The molecule has 20 heavy (non-hydrogen) atoms. The summed E-state index contributed by atoms with van der Waals surface area (Å²) in [6.45, 7) is 3.52. The van der Waals surface area contributed by atoms with Crippen LogP contribution < -0.4 is 5.32 Å². The fraction of sp³-hybridized carbons (Fsp3) is 0.778. The van der Waals surface area contributed by atoms with E-state index in [1.807, 2.05) is 0 Å². The number of fused-ring (bicyclic) bond motifs is 2. The fourth-order valence-electron chi connectivity index (χ4n) is 3.50. The van der Waals surface area contributed by atoms with Crippen LogP contribution in [0.4, 0.5) is 0 Å². The van der Waals surface area contributed by atoms with E-state index in [-0.39, 0.29) is 0 Å². The highest BCUT2D eigenvalue weighted by Crippen LogP contribution is 2.35. The molecule has 0 aromatic carbocycles. The first kappa shape index (κ1) is 15.5. The van der Waals surface area contributed by atoms with Crippen molar-refractivity contribution in [3.8, 4) is 0 Å². The van der Waals surface area contributed by atoms with Gasteiger partial charge in [0, 0.05) is 37.1 Å². The van der Waals surface area contributed by atoms with Gasteiger partial charge in [-0.05, 0) is 25.7 Å². The van der Waals surface area contributed by atoms with Crippen LogP contribution in [0, 0.1) is 0 Å². The Morgan fingerprint density at radius 1 is 1.05 bits per heavy atom. The van der Waals surface area contributed by atoms with Crippen LogP contribution in [0.15, 0.2) is 23.2 Å². The molecule has 114 valence electrons. The average Bonchev–Trinajstić information content (AvgIpc) is 2.46. The molecule has 0 aromatic rings. The molecule has 2 bridgehead atoms. The first-order chi connectivity index (χ1) is 9.86. The van der Waals surface area contributed by atoms with Crippen molar-refractivity contribution in [1.82, 2.24) is 10.2 Å². The molecule has 0 aliphatic carbocycles. The lowest BCUT2D eigenvalue weighted by atomic mass is 9.95. The van der Waals surface area contributed by atoms with Crippen LogP contribution in [0.5, 0.6) is 0 Å². The van der Waals surface area contributed by atoms with Gasteiger partial charge in [0.15, 0.2) is 0 Å². The summed E-state index contributed by atoms with van der Waals surface area (Å²) in [5.41, 5.74) is 4.63. The Kier molecular flexibility index (Phi) is 6.49. The number of hydrogen-bond donors (Lipinski definition) is 1. The standard InChI is InChI=1S/C18H32N2/c1-3-4-5-6-7-8-9-15-20-16-11-10-12-18(20)17(19-2)14-13-16/h13,19H,3-12,14-15H2,1-2H3. The second-order valence-corrected chi connectivity index (χ2v) is 6.20. The molecule has 1 saturated heterocycles. The lowest BCUT2D eigenvalue weighted by Gasteiger charge is -2.39. The minimum absolute atomic E-state index is 1.12. The smallest absolute Gasteiger partial charge is 0.0370 e. The van der Waals surface area contributed by atoms with E-state index in [4.69, 9.17) is 0 Å². The second kappa shape index (κ2) is 8.39. The maximum atomic E-state index is 3.41. The minimum atomic E-state index is 1.12. The van der Waals surface area contributed by atoms with E-state index in [9.17, 15) is 0 Å². The Morgan fingerprint density at radius 2 is 1.80 bits per heavy atom. The molecular weight excluding hydrogens is 244 g/mol. The van der Waals surface area contributed by atoms with Gasteiger partial charge in [-0.2, -0.15) is 0 Å². The number of nitrogens with zero attached hydrogens (tertiary/aromatic N) is 1. The maximum absolute atomic E-state index is 3.41. The largest absolute Gasteiger partial charge is 0.390 e. The summed E-state index contributed by atoms with van der Waals surface area (Å²) >= 11 is 0. The van der Waals surface area contributed by atoms with E-state index in [0.717, 1.165) is 6.42 Å². The van der Waals surface area contributed by atoms with Gasteiger partial charge in [-0.1, -0.05) is 51.5 Å². The molecule has 0 spiro atoms. The highest BCUT2D eigenvalue weighted by Gasteiger charge is 2.25. The predicted molar refractivity (Wildman–Crippen MR) is 87.3 cm³/mol. The molecule has 2 nitrogen and oxygen atoms in total. The van der Waals surface area contributed by atoms with Crippen LogP contribution in [0.1, 0.15) is 77.6 Å². The molecule has 1 N–H and O–H groups in total. The Labute approximate surface area is 125 Å². The van der Waals surface area contributed by atoms with Crippen LogP contribution in [-0.2, 0) is 0 Å². The molecule has 2 aliphatic heterocycles. The van der Waals surface area contributed by atoms with Crippen molar-refractivity contribution < 1.29 is 0 Å². The van der Waals surface area contributed by atoms with Gasteiger partial charge in [-0.15, -0.1) is 0 Å². The molecule has 0 aromatic heterocycles. The van der Waals surface area contributed by atoms with Gasteiger partial charge in [-0.25, -0.2) is 0 Å². The van der Waals surface area contributed by atoms with E-state index in [1.165, 1.54) is 76.5 Å². The molecule has 1 fully saturated rings. The predicted octanol–water partition coefficient (Wildman–Crippen LogP) is 4.94. The van der Waals surface area contributed by atoms with E-state index in [1.54, 1.807) is 11.4 Å². The second-order valence-electron chi connectivity index (χ2n) is 6.20. The molecule has 2 heterocycles. The summed E-state index contributed by atoms with van der Waals surface area (Å²) in [6, 6.07) is 0. The summed E-state index contributed by atoms with van der Waals surface area (Å²) in [5.74, 6) is 0. The SMILES string of the molecule is CCCCCCCCCN1C2=CCC(NC)=C1CCC2. The molecule has 0 atom stereocenters. The molecular formula is C18H32N2. The molecule has 2 heteroatoms. The Balaban J connectivity index is 1.73. The monoisotopic (exact) mass is 276 g/mol. The lowest BCUT2D eigenvalue weighted by molar-refractivity contribution is 0.330. The number of allylic oxidation sites excluding steroid dienone is 3. The van der Waals surface area contributed by atoms with Crippen molar-refractivity contribution in [3.63, 3.8) is 0 Å². The van der Waals surface area contributed by atoms with Crippen molar-refractivity contribution in [2.75, 3.05) is 13.6 Å². The third-order valence-electron chi connectivity index (χ3n) is 4.70. The Bertz CT molecular complexity index is 354. The summed E-state index contributed by atoms with van der Waals surface area (Å²) in [6.07, 6.45) is 17.2. The zero-order valence-electron chi connectivity index (χ0n) is 13.5. The third kappa shape index (κ3) is 4.04. The number of unbranched alkanes of at least 4 members (excludes halogenated alkanes) is 6. The molecule has 0 amide bonds. The van der Waals surface area contributed by atoms with Crippen LogP contribution >= 0.6 is 0 Å². The van der Waals surface area contributed by atoms with E-state index in [2.05, 4.69) is 30.3 Å². The van der Waals surface area contributed by atoms with Gasteiger partial charge >= 0.3 is 0 Å². The summed E-state index contributed by atoms with van der Waals surface area (Å²) in [7, 11) is 2.07. The van der Waals surface area contributed by atoms with E-state index in [0.29, 0.717) is 0 Å². The lowest BCUT2D eigenvalue weighted by Crippen LogP contribution is -2.33.